The molecule has 2 N–H and O–H groups in total. The van der Waals surface area contributed by atoms with Crippen LogP contribution in [0.3, 0.4) is 0 Å². The number of fused-ring (bicyclic) bond motifs is 1. The summed E-state index contributed by atoms with van der Waals surface area (Å²) in [6.45, 7) is 2.43. The fraction of sp³-hybridized carbons (Fsp3) is 0.269. The SMILES string of the molecule is O=C1Nc2cc(C(=O)N3CCN(c4ccccn4)CC3)ccc2NC1CS(=O)(=O)Cc1ccc(F)cc1. The largest absolute Gasteiger partial charge is 0.371 e. The maximum atomic E-state index is 13.1. The first-order valence-corrected chi connectivity index (χ1v) is 13.7. The summed E-state index contributed by atoms with van der Waals surface area (Å²) in [5.41, 5.74) is 1.85. The average Bonchev–Trinajstić information content (AvgIpc) is 2.90. The van der Waals surface area contributed by atoms with Gasteiger partial charge in [0.2, 0.25) is 5.91 Å². The molecule has 1 atom stereocenters. The Kier molecular flexibility index (Phi) is 6.79. The van der Waals surface area contributed by atoms with Crippen LogP contribution in [0.5, 0.6) is 0 Å². The number of pyridine rings is 1. The number of piperazine rings is 1. The lowest BCUT2D eigenvalue weighted by molar-refractivity contribution is -0.116. The Morgan fingerprint density at radius 3 is 2.46 bits per heavy atom. The summed E-state index contributed by atoms with van der Waals surface area (Å²) in [5.74, 6) is -0.920. The molecule has 5 rings (SSSR count). The molecule has 2 aliphatic heterocycles. The van der Waals surface area contributed by atoms with Gasteiger partial charge in [0.25, 0.3) is 5.91 Å². The van der Waals surface area contributed by atoms with E-state index < -0.39 is 33.4 Å². The predicted octanol–water partition coefficient (Wildman–Crippen LogP) is 2.53. The topological polar surface area (TPSA) is 112 Å². The van der Waals surface area contributed by atoms with Crippen LogP contribution in [0.2, 0.25) is 0 Å². The number of hydrogen-bond donors (Lipinski definition) is 2. The van der Waals surface area contributed by atoms with Gasteiger partial charge >= 0.3 is 0 Å². The summed E-state index contributed by atoms with van der Waals surface area (Å²) < 4.78 is 38.5. The maximum Gasteiger partial charge on any atom is 0.254 e. The highest BCUT2D eigenvalue weighted by atomic mass is 32.2. The number of nitrogens with zero attached hydrogens (tertiary/aromatic N) is 3. The molecule has 37 heavy (non-hydrogen) atoms. The van der Waals surface area contributed by atoms with Gasteiger partial charge in [0, 0.05) is 37.9 Å². The third kappa shape index (κ3) is 5.72. The minimum Gasteiger partial charge on any atom is -0.371 e. The second-order valence-electron chi connectivity index (χ2n) is 9.09. The number of sulfone groups is 1. The molecule has 1 saturated heterocycles. The average molecular weight is 524 g/mol. The minimum absolute atomic E-state index is 0.137. The van der Waals surface area contributed by atoms with Crippen molar-refractivity contribution in [3.63, 3.8) is 0 Å². The summed E-state index contributed by atoms with van der Waals surface area (Å²) >= 11 is 0. The van der Waals surface area contributed by atoms with E-state index in [4.69, 9.17) is 0 Å². The minimum atomic E-state index is -3.66. The highest BCUT2D eigenvalue weighted by Crippen LogP contribution is 2.29. The van der Waals surface area contributed by atoms with Crippen LogP contribution in [0.1, 0.15) is 15.9 Å². The van der Waals surface area contributed by atoms with Gasteiger partial charge in [-0.1, -0.05) is 18.2 Å². The Hall–Kier alpha value is -3.99. The van der Waals surface area contributed by atoms with Crippen LogP contribution in [0.25, 0.3) is 0 Å². The highest BCUT2D eigenvalue weighted by molar-refractivity contribution is 7.90. The Bertz CT molecular complexity index is 1410. The molecule has 1 fully saturated rings. The second-order valence-corrected chi connectivity index (χ2v) is 11.2. The van der Waals surface area contributed by atoms with Gasteiger partial charge in [-0.15, -0.1) is 0 Å². The van der Waals surface area contributed by atoms with Crippen LogP contribution in [-0.4, -0.2) is 68.1 Å². The van der Waals surface area contributed by atoms with Gasteiger partial charge in [-0.3, -0.25) is 9.59 Å². The van der Waals surface area contributed by atoms with E-state index in [0.29, 0.717) is 48.7 Å². The van der Waals surface area contributed by atoms with Crippen molar-refractivity contribution < 1.29 is 22.4 Å². The van der Waals surface area contributed by atoms with Crippen molar-refractivity contribution in [3.8, 4) is 0 Å². The molecule has 2 aromatic carbocycles. The van der Waals surface area contributed by atoms with Crippen molar-refractivity contribution in [1.82, 2.24) is 9.88 Å². The Morgan fingerprint density at radius 2 is 1.76 bits per heavy atom. The molecule has 0 saturated carbocycles. The highest BCUT2D eigenvalue weighted by Gasteiger charge is 2.31. The predicted molar refractivity (Wildman–Crippen MR) is 139 cm³/mol. The van der Waals surface area contributed by atoms with Gasteiger partial charge in [-0.2, -0.15) is 0 Å². The first-order chi connectivity index (χ1) is 17.8. The monoisotopic (exact) mass is 523 g/mol. The van der Waals surface area contributed by atoms with Crippen LogP contribution in [-0.2, 0) is 20.4 Å². The number of carbonyl (C=O) groups is 2. The van der Waals surface area contributed by atoms with E-state index in [1.807, 2.05) is 18.2 Å². The number of amides is 2. The Labute approximate surface area is 214 Å². The zero-order valence-electron chi connectivity index (χ0n) is 19.9. The number of benzene rings is 2. The number of halogens is 1. The van der Waals surface area contributed by atoms with Gasteiger partial charge in [0.05, 0.1) is 22.9 Å². The van der Waals surface area contributed by atoms with E-state index in [-0.39, 0.29) is 11.7 Å². The lowest BCUT2D eigenvalue weighted by atomic mass is 10.1. The number of hydrogen-bond acceptors (Lipinski definition) is 7. The summed E-state index contributed by atoms with van der Waals surface area (Å²) in [6, 6.07) is 14.9. The zero-order chi connectivity index (χ0) is 26.0. The van der Waals surface area contributed by atoms with Crippen LogP contribution in [0.4, 0.5) is 21.6 Å². The summed E-state index contributed by atoms with van der Waals surface area (Å²) in [7, 11) is -3.66. The molecule has 0 spiro atoms. The number of carbonyl (C=O) groups excluding carboxylic acids is 2. The zero-order valence-corrected chi connectivity index (χ0v) is 20.7. The molecule has 192 valence electrons. The van der Waals surface area contributed by atoms with Crippen molar-refractivity contribution in [3.05, 3.63) is 83.8 Å². The molecule has 1 unspecified atom stereocenters. The molecular weight excluding hydrogens is 497 g/mol. The van der Waals surface area contributed by atoms with Crippen LogP contribution in [0.15, 0.2) is 66.9 Å². The third-order valence-corrected chi connectivity index (χ3v) is 8.05. The van der Waals surface area contributed by atoms with Gasteiger partial charge in [0.1, 0.15) is 17.7 Å². The molecule has 11 heteroatoms. The lowest BCUT2D eigenvalue weighted by Crippen LogP contribution is -2.49. The van der Waals surface area contributed by atoms with Crippen molar-refractivity contribution in [1.29, 1.82) is 0 Å². The summed E-state index contributed by atoms with van der Waals surface area (Å²) in [5, 5.41) is 5.71. The maximum absolute atomic E-state index is 13.1. The first-order valence-electron chi connectivity index (χ1n) is 11.9. The van der Waals surface area contributed by atoms with E-state index in [0.717, 1.165) is 5.82 Å². The van der Waals surface area contributed by atoms with Crippen molar-refractivity contribution >= 4 is 38.8 Å². The van der Waals surface area contributed by atoms with Gasteiger partial charge in [-0.05, 0) is 48.0 Å². The molecule has 0 aliphatic carbocycles. The van der Waals surface area contributed by atoms with Crippen molar-refractivity contribution in [2.75, 3.05) is 47.5 Å². The fourth-order valence-electron chi connectivity index (χ4n) is 4.51. The second kappa shape index (κ2) is 10.2. The summed E-state index contributed by atoms with van der Waals surface area (Å²) in [6.07, 6.45) is 1.74. The fourth-order valence-corrected chi connectivity index (χ4v) is 6.07. The van der Waals surface area contributed by atoms with E-state index in [1.54, 1.807) is 29.3 Å². The van der Waals surface area contributed by atoms with E-state index in [9.17, 15) is 22.4 Å². The lowest BCUT2D eigenvalue weighted by Gasteiger charge is -2.35. The normalized spacial score (nSPS) is 17.5. The molecule has 2 aliphatic rings. The molecular formula is C26H26FN5O4S. The standard InChI is InChI=1S/C26H26FN5O4S/c27-20-7-4-18(5-8-20)16-37(35,36)17-23-25(33)30-22-15-19(6-9-21(22)29-23)26(34)32-13-11-31(12-14-32)24-3-1-2-10-28-24/h1-10,15,23,29H,11-14,16-17H2,(H,30,33). The quantitative estimate of drug-likeness (QED) is 0.511. The van der Waals surface area contributed by atoms with Crippen LogP contribution in [0, 0.1) is 5.82 Å². The van der Waals surface area contributed by atoms with Crippen LogP contribution < -0.4 is 15.5 Å². The first kappa shape index (κ1) is 24.7. The number of nitrogens with one attached hydrogen (secondary N) is 2. The third-order valence-electron chi connectivity index (χ3n) is 6.43. The molecule has 2 amide bonds. The molecule has 0 radical (unpaired) electrons. The van der Waals surface area contributed by atoms with E-state index in [1.165, 1.54) is 24.3 Å². The van der Waals surface area contributed by atoms with Crippen molar-refractivity contribution in [2.24, 2.45) is 0 Å². The van der Waals surface area contributed by atoms with Crippen molar-refractivity contribution in [2.45, 2.75) is 11.8 Å². The van der Waals surface area contributed by atoms with Crippen LogP contribution >= 0.6 is 0 Å². The molecule has 9 nitrogen and oxygen atoms in total. The number of anilines is 3. The summed E-state index contributed by atoms with van der Waals surface area (Å²) in [4.78, 5) is 34.1. The smallest absolute Gasteiger partial charge is 0.254 e. The van der Waals surface area contributed by atoms with E-state index >= 15 is 0 Å². The van der Waals surface area contributed by atoms with Gasteiger partial charge in [-0.25, -0.2) is 17.8 Å². The Morgan fingerprint density at radius 1 is 1.00 bits per heavy atom. The van der Waals surface area contributed by atoms with E-state index in [2.05, 4.69) is 20.5 Å². The molecule has 0 bridgehead atoms. The number of aromatic nitrogens is 1. The Balaban J connectivity index is 1.21. The molecule has 1 aromatic heterocycles. The molecule has 3 heterocycles. The molecule has 3 aromatic rings. The van der Waals surface area contributed by atoms with Gasteiger partial charge in [0.15, 0.2) is 9.84 Å². The van der Waals surface area contributed by atoms with Gasteiger partial charge < -0.3 is 20.4 Å². The number of rotatable bonds is 6.